The van der Waals surface area contributed by atoms with Crippen LogP contribution in [0.1, 0.15) is 32.6 Å². The van der Waals surface area contributed by atoms with Crippen molar-refractivity contribution < 1.29 is 9.00 Å². The van der Waals surface area contributed by atoms with Crippen molar-refractivity contribution in [1.82, 2.24) is 10.6 Å². The first-order valence-electron chi connectivity index (χ1n) is 5.94. The summed E-state index contributed by atoms with van der Waals surface area (Å²) >= 11 is 0. The average Bonchev–Trinajstić information content (AvgIpc) is 2.67. The highest BCUT2D eigenvalue weighted by molar-refractivity contribution is 7.84. The molecular weight excluding hydrogens is 224 g/mol. The van der Waals surface area contributed by atoms with E-state index in [1.54, 1.807) is 6.26 Å². The topological polar surface area (TPSA) is 58.2 Å². The summed E-state index contributed by atoms with van der Waals surface area (Å²) in [5.74, 6) is 0.616. The minimum absolute atomic E-state index is 0.0808. The minimum atomic E-state index is -0.836. The van der Waals surface area contributed by atoms with Crippen molar-refractivity contribution in [3.8, 4) is 0 Å². The minimum Gasteiger partial charge on any atom is -0.354 e. The van der Waals surface area contributed by atoms with Crippen molar-refractivity contribution >= 4 is 16.7 Å². The number of hydrogen-bond donors (Lipinski definition) is 2. The van der Waals surface area contributed by atoms with E-state index in [2.05, 4.69) is 17.6 Å². The Balaban J connectivity index is 2.45. The van der Waals surface area contributed by atoms with Crippen molar-refractivity contribution in [3.05, 3.63) is 0 Å². The third kappa shape index (κ3) is 3.56. The Morgan fingerprint density at radius 3 is 2.81 bits per heavy atom. The number of rotatable bonds is 6. The molecule has 2 atom stereocenters. The molecule has 1 rings (SSSR count). The Labute approximate surface area is 100 Å². The Bertz CT molecular complexity index is 263. The summed E-state index contributed by atoms with van der Waals surface area (Å²) in [6, 6.07) is 0. The van der Waals surface area contributed by atoms with Gasteiger partial charge in [-0.15, -0.1) is 0 Å². The Hall–Kier alpha value is -0.420. The second-order valence-corrected chi connectivity index (χ2v) is 5.95. The molecule has 0 aromatic rings. The number of hydrogen-bond acceptors (Lipinski definition) is 3. The monoisotopic (exact) mass is 246 g/mol. The van der Waals surface area contributed by atoms with Crippen LogP contribution < -0.4 is 10.6 Å². The first-order chi connectivity index (χ1) is 7.60. The molecule has 0 saturated carbocycles. The van der Waals surface area contributed by atoms with Gasteiger partial charge in [0.1, 0.15) is 0 Å². The van der Waals surface area contributed by atoms with Gasteiger partial charge in [-0.05, 0) is 25.8 Å². The smallest absolute Gasteiger partial charge is 0.240 e. The lowest BCUT2D eigenvalue weighted by atomic mass is 9.91. The molecule has 94 valence electrons. The van der Waals surface area contributed by atoms with Gasteiger partial charge in [-0.25, -0.2) is 0 Å². The van der Waals surface area contributed by atoms with Gasteiger partial charge in [-0.1, -0.05) is 13.3 Å². The van der Waals surface area contributed by atoms with Gasteiger partial charge in [0.05, 0.1) is 5.54 Å². The van der Waals surface area contributed by atoms with Crippen LogP contribution in [0.25, 0.3) is 0 Å². The molecular formula is C11H22N2O2S. The van der Waals surface area contributed by atoms with Crippen LogP contribution in [0.2, 0.25) is 0 Å². The van der Waals surface area contributed by atoms with Crippen molar-refractivity contribution in [2.45, 2.75) is 38.1 Å². The second kappa shape index (κ2) is 6.35. The van der Waals surface area contributed by atoms with E-state index in [0.29, 0.717) is 12.3 Å². The molecule has 2 N–H and O–H groups in total. The lowest BCUT2D eigenvalue weighted by Crippen LogP contribution is -2.54. The molecule has 0 aromatic carbocycles. The highest BCUT2D eigenvalue weighted by Gasteiger charge is 2.39. The molecule has 1 aliphatic rings. The summed E-state index contributed by atoms with van der Waals surface area (Å²) in [5, 5.41) is 6.21. The van der Waals surface area contributed by atoms with Crippen molar-refractivity contribution in [2.75, 3.05) is 25.1 Å². The zero-order valence-electron chi connectivity index (χ0n) is 10.2. The first-order valence-corrected chi connectivity index (χ1v) is 7.67. The van der Waals surface area contributed by atoms with Crippen LogP contribution in [0.5, 0.6) is 0 Å². The van der Waals surface area contributed by atoms with E-state index in [9.17, 15) is 9.00 Å². The Morgan fingerprint density at radius 2 is 2.31 bits per heavy atom. The van der Waals surface area contributed by atoms with Crippen LogP contribution >= 0.6 is 0 Å². The zero-order chi connectivity index (χ0) is 12.0. The van der Waals surface area contributed by atoms with E-state index in [0.717, 1.165) is 32.2 Å². The predicted octanol–water partition coefficient (Wildman–Crippen LogP) is 0.403. The van der Waals surface area contributed by atoms with Crippen LogP contribution in [0.3, 0.4) is 0 Å². The SMILES string of the molecule is CCCC1(C(=O)NCCS(C)=O)CCCN1. The molecule has 0 bridgehead atoms. The van der Waals surface area contributed by atoms with Crippen LogP contribution in [-0.2, 0) is 15.6 Å². The molecule has 1 amide bonds. The molecule has 0 aromatic heterocycles. The first kappa shape index (κ1) is 13.6. The number of nitrogens with one attached hydrogen (secondary N) is 2. The van der Waals surface area contributed by atoms with Gasteiger partial charge in [0.25, 0.3) is 0 Å². The van der Waals surface area contributed by atoms with E-state index in [-0.39, 0.29) is 11.4 Å². The van der Waals surface area contributed by atoms with E-state index in [1.165, 1.54) is 0 Å². The third-order valence-corrected chi connectivity index (χ3v) is 3.81. The van der Waals surface area contributed by atoms with Gasteiger partial charge in [0.15, 0.2) is 0 Å². The zero-order valence-corrected chi connectivity index (χ0v) is 11.0. The second-order valence-electron chi connectivity index (χ2n) is 4.40. The Morgan fingerprint density at radius 1 is 1.56 bits per heavy atom. The summed E-state index contributed by atoms with van der Waals surface area (Å²) < 4.78 is 10.9. The van der Waals surface area contributed by atoms with E-state index in [4.69, 9.17) is 0 Å². The molecule has 1 aliphatic heterocycles. The van der Waals surface area contributed by atoms with Gasteiger partial charge < -0.3 is 10.6 Å². The van der Waals surface area contributed by atoms with Crippen molar-refractivity contribution in [1.29, 1.82) is 0 Å². The van der Waals surface area contributed by atoms with Crippen molar-refractivity contribution in [2.24, 2.45) is 0 Å². The van der Waals surface area contributed by atoms with Crippen LogP contribution in [0.15, 0.2) is 0 Å². The van der Waals surface area contributed by atoms with Crippen molar-refractivity contribution in [3.63, 3.8) is 0 Å². The summed E-state index contributed by atoms with van der Waals surface area (Å²) in [4.78, 5) is 12.1. The predicted molar refractivity (Wildman–Crippen MR) is 66.8 cm³/mol. The van der Waals surface area contributed by atoms with E-state index < -0.39 is 10.8 Å². The average molecular weight is 246 g/mol. The highest BCUT2D eigenvalue weighted by atomic mass is 32.2. The Kier molecular flexibility index (Phi) is 5.41. The normalized spacial score (nSPS) is 26.6. The molecule has 2 unspecified atom stereocenters. The number of amides is 1. The molecule has 16 heavy (non-hydrogen) atoms. The third-order valence-electron chi connectivity index (χ3n) is 3.03. The maximum absolute atomic E-state index is 12.1. The number of carbonyl (C=O) groups excluding carboxylic acids is 1. The summed E-state index contributed by atoms with van der Waals surface area (Å²) in [5.41, 5.74) is -0.357. The largest absolute Gasteiger partial charge is 0.354 e. The van der Waals surface area contributed by atoms with Gasteiger partial charge in [-0.3, -0.25) is 9.00 Å². The standard InChI is InChI=1S/C11H22N2O2S/c1-3-5-11(6-4-7-13-11)10(14)12-8-9-16(2)15/h13H,3-9H2,1-2H3,(H,12,14). The molecule has 0 aliphatic carbocycles. The molecule has 1 saturated heterocycles. The number of carbonyl (C=O) groups is 1. The van der Waals surface area contributed by atoms with Gasteiger partial charge in [0, 0.05) is 29.4 Å². The fourth-order valence-corrected chi connectivity index (χ4v) is 2.62. The molecule has 5 heteroatoms. The van der Waals surface area contributed by atoms with Crippen LogP contribution in [0, 0.1) is 0 Å². The maximum atomic E-state index is 12.1. The molecule has 4 nitrogen and oxygen atoms in total. The van der Waals surface area contributed by atoms with Crippen LogP contribution in [-0.4, -0.2) is 40.8 Å². The summed E-state index contributed by atoms with van der Waals surface area (Å²) in [6.45, 7) is 3.53. The highest BCUT2D eigenvalue weighted by Crippen LogP contribution is 2.24. The van der Waals surface area contributed by atoms with Gasteiger partial charge >= 0.3 is 0 Å². The molecule has 1 heterocycles. The molecule has 0 radical (unpaired) electrons. The van der Waals surface area contributed by atoms with Crippen LogP contribution in [0.4, 0.5) is 0 Å². The maximum Gasteiger partial charge on any atom is 0.240 e. The summed E-state index contributed by atoms with van der Waals surface area (Å²) in [7, 11) is -0.836. The van der Waals surface area contributed by atoms with E-state index in [1.807, 2.05) is 0 Å². The van der Waals surface area contributed by atoms with Gasteiger partial charge in [-0.2, -0.15) is 0 Å². The molecule has 0 spiro atoms. The van der Waals surface area contributed by atoms with E-state index >= 15 is 0 Å². The lowest BCUT2D eigenvalue weighted by Gasteiger charge is -2.27. The lowest BCUT2D eigenvalue weighted by molar-refractivity contribution is -0.127. The quantitative estimate of drug-likeness (QED) is 0.713. The van der Waals surface area contributed by atoms with Gasteiger partial charge in [0.2, 0.25) is 5.91 Å². The fraction of sp³-hybridized carbons (Fsp3) is 0.909. The molecule has 1 fully saturated rings. The fourth-order valence-electron chi connectivity index (χ4n) is 2.23. The summed E-state index contributed by atoms with van der Waals surface area (Å²) in [6.07, 6.45) is 5.52.